The summed E-state index contributed by atoms with van der Waals surface area (Å²) in [5.74, 6) is 3.79. The van der Waals surface area contributed by atoms with E-state index in [-0.39, 0.29) is 0 Å². The Labute approximate surface area is 115 Å². The van der Waals surface area contributed by atoms with Crippen LogP contribution >= 0.6 is 0 Å². The number of imidazole rings is 1. The van der Waals surface area contributed by atoms with Gasteiger partial charge in [-0.25, -0.2) is 4.98 Å². The first-order chi connectivity index (χ1) is 9.28. The van der Waals surface area contributed by atoms with Crippen LogP contribution in [0.2, 0.25) is 0 Å². The van der Waals surface area contributed by atoms with Crippen LogP contribution in [0.3, 0.4) is 0 Å². The lowest BCUT2D eigenvalue weighted by atomic mass is 9.84. The number of hydrogen-bond donors (Lipinski definition) is 1. The highest BCUT2D eigenvalue weighted by Crippen LogP contribution is 2.49. The SMILES string of the molecule is COCCn1ccnc1NC(C)C1CC2CCC1C2. The molecule has 4 unspecified atom stereocenters. The highest BCUT2D eigenvalue weighted by atomic mass is 16.5. The third kappa shape index (κ3) is 2.64. The molecule has 4 heteroatoms. The first kappa shape index (κ1) is 13.0. The minimum atomic E-state index is 0.527. The van der Waals surface area contributed by atoms with Crippen LogP contribution in [0.5, 0.6) is 0 Å². The fraction of sp³-hybridized carbons (Fsp3) is 0.800. The van der Waals surface area contributed by atoms with Gasteiger partial charge in [-0.05, 0) is 43.9 Å². The van der Waals surface area contributed by atoms with Crippen LogP contribution in [0.15, 0.2) is 12.4 Å². The van der Waals surface area contributed by atoms with Crippen LogP contribution in [0.1, 0.15) is 32.6 Å². The molecule has 4 nitrogen and oxygen atoms in total. The van der Waals surface area contributed by atoms with Gasteiger partial charge >= 0.3 is 0 Å². The first-order valence-corrected chi connectivity index (χ1v) is 7.54. The molecule has 2 aliphatic rings. The number of anilines is 1. The molecule has 0 aromatic carbocycles. The molecule has 2 fully saturated rings. The van der Waals surface area contributed by atoms with E-state index >= 15 is 0 Å². The van der Waals surface area contributed by atoms with E-state index in [0.717, 1.165) is 36.9 Å². The second-order valence-corrected chi connectivity index (χ2v) is 6.21. The maximum Gasteiger partial charge on any atom is 0.203 e. The Morgan fingerprint density at radius 2 is 2.37 bits per heavy atom. The van der Waals surface area contributed by atoms with Crippen LogP contribution in [0, 0.1) is 17.8 Å². The maximum absolute atomic E-state index is 5.14. The number of nitrogens with zero attached hydrogens (tertiary/aromatic N) is 2. The lowest BCUT2D eigenvalue weighted by Crippen LogP contribution is -2.31. The van der Waals surface area contributed by atoms with Gasteiger partial charge in [-0.15, -0.1) is 0 Å². The lowest BCUT2D eigenvalue weighted by molar-refractivity contribution is 0.187. The summed E-state index contributed by atoms with van der Waals surface area (Å²) in [6.07, 6.45) is 9.68. The summed E-state index contributed by atoms with van der Waals surface area (Å²) < 4.78 is 7.28. The van der Waals surface area contributed by atoms with Crippen molar-refractivity contribution in [3.63, 3.8) is 0 Å². The van der Waals surface area contributed by atoms with Crippen molar-refractivity contribution in [2.24, 2.45) is 17.8 Å². The third-order valence-electron chi connectivity index (χ3n) is 5.04. The van der Waals surface area contributed by atoms with Crippen molar-refractivity contribution < 1.29 is 4.74 Å². The fourth-order valence-corrected chi connectivity index (χ4v) is 4.04. The van der Waals surface area contributed by atoms with Gasteiger partial charge in [0.15, 0.2) is 0 Å². The predicted molar refractivity (Wildman–Crippen MR) is 76.1 cm³/mol. The van der Waals surface area contributed by atoms with Crippen LogP contribution in [-0.2, 0) is 11.3 Å². The molecule has 0 saturated heterocycles. The number of ether oxygens (including phenoxy) is 1. The molecule has 1 aromatic rings. The number of nitrogens with one attached hydrogen (secondary N) is 1. The second-order valence-electron chi connectivity index (χ2n) is 6.21. The zero-order valence-corrected chi connectivity index (χ0v) is 12.0. The van der Waals surface area contributed by atoms with E-state index in [1.807, 2.05) is 12.4 Å². The molecule has 19 heavy (non-hydrogen) atoms. The topological polar surface area (TPSA) is 39.1 Å². The maximum atomic E-state index is 5.14. The molecule has 2 bridgehead atoms. The Bertz CT molecular complexity index is 417. The average molecular weight is 263 g/mol. The number of methoxy groups -OCH3 is 1. The van der Waals surface area contributed by atoms with E-state index in [2.05, 4.69) is 21.8 Å². The summed E-state index contributed by atoms with van der Waals surface area (Å²) >= 11 is 0. The summed E-state index contributed by atoms with van der Waals surface area (Å²) in [6, 6.07) is 0.527. The minimum Gasteiger partial charge on any atom is -0.383 e. The van der Waals surface area contributed by atoms with Crippen molar-refractivity contribution in [1.82, 2.24) is 9.55 Å². The van der Waals surface area contributed by atoms with Gasteiger partial charge in [0, 0.05) is 32.1 Å². The molecule has 4 atom stereocenters. The van der Waals surface area contributed by atoms with E-state index < -0.39 is 0 Å². The quantitative estimate of drug-likeness (QED) is 0.857. The molecule has 1 heterocycles. The second kappa shape index (κ2) is 5.53. The van der Waals surface area contributed by atoms with E-state index in [9.17, 15) is 0 Å². The van der Waals surface area contributed by atoms with E-state index in [4.69, 9.17) is 4.74 Å². The largest absolute Gasteiger partial charge is 0.383 e. The normalized spacial score (nSPS) is 30.7. The Kier molecular flexibility index (Phi) is 3.78. The van der Waals surface area contributed by atoms with Crippen LogP contribution in [0.4, 0.5) is 5.95 Å². The van der Waals surface area contributed by atoms with E-state index in [1.165, 1.54) is 25.7 Å². The van der Waals surface area contributed by atoms with Crippen molar-refractivity contribution in [2.75, 3.05) is 19.0 Å². The zero-order chi connectivity index (χ0) is 13.2. The number of rotatable bonds is 6. The number of fused-ring (bicyclic) bond motifs is 2. The Morgan fingerprint density at radius 3 is 3.05 bits per heavy atom. The summed E-state index contributed by atoms with van der Waals surface area (Å²) in [4.78, 5) is 4.44. The van der Waals surface area contributed by atoms with Gasteiger partial charge in [-0.2, -0.15) is 0 Å². The summed E-state index contributed by atoms with van der Waals surface area (Å²) in [7, 11) is 1.74. The molecule has 0 spiro atoms. The van der Waals surface area contributed by atoms with Crippen molar-refractivity contribution >= 4 is 5.95 Å². The summed E-state index contributed by atoms with van der Waals surface area (Å²) in [6.45, 7) is 3.91. The zero-order valence-electron chi connectivity index (χ0n) is 12.0. The molecule has 1 N–H and O–H groups in total. The monoisotopic (exact) mass is 263 g/mol. The highest BCUT2D eigenvalue weighted by Gasteiger charge is 2.41. The van der Waals surface area contributed by atoms with Crippen LogP contribution < -0.4 is 5.32 Å². The third-order valence-corrected chi connectivity index (χ3v) is 5.04. The van der Waals surface area contributed by atoms with Gasteiger partial charge in [0.05, 0.1) is 6.61 Å². The molecular weight excluding hydrogens is 238 g/mol. The molecule has 0 radical (unpaired) electrons. The van der Waals surface area contributed by atoms with Gasteiger partial charge < -0.3 is 14.6 Å². The van der Waals surface area contributed by atoms with Gasteiger partial charge in [-0.1, -0.05) is 6.42 Å². The molecule has 0 aliphatic heterocycles. The Balaban J connectivity index is 1.60. The summed E-state index contributed by atoms with van der Waals surface area (Å²) in [5, 5.41) is 3.62. The van der Waals surface area contributed by atoms with E-state index in [0.29, 0.717) is 6.04 Å². The first-order valence-electron chi connectivity index (χ1n) is 7.54. The molecule has 106 valence electrons. The van der Waals surface area contributed by atoms with E-state index in [1.54, 1.807) is 7.11 Å². The number of hydrogen-bond acceptors (Lipinski definition) is 3. The standard InChI is InChI=1S/C15H25N3O/c1-11(14-10-12-3-4-13(14)9-12)17-15-16-5-6-18(15)7-8-19-2/h5-6,11-14H,3-4,7-10H2,1-2H3,(H,16,17). The predicted octanol–water partition coefficient (Wildman–Crippen LogP) is 2.77. The van der Waals surface area contributed by atoms with Gasteiger partial charge in [0.25, 0.3) is 0 Å². The minimum absolute atomic E-state index is 0.527. The fourth-order valence-electron chi connectivity index (χ4n) is 4.04. The van der Waals surface area contributed by atoms with Crippen molar-refractivity contribution in [3.8, 4) is 0 Å². The molecule has 1 aromatic heterocycles. The molecule has 3 rings (SSSR count). The van der Waals surface area contributed by atoms with Gasteiger partial charge in [-0.3, -0.25) is 0 Å². The summed E-state index contributed by atoms with van der Waals surface area (Å²) in [5.41, 5.74) is 0. The molecule has 0 amide bonds. The van der Waals surface area contributed by atoms with Crippen molar-refractivity contribution in [2.45, 2.75) is 45.2 Å². The highest BCUT2D eigenvalue weighted by molar-refractivity contribution is 5.28. The van der Waals surface area contributed by atoms with Gasteiger partial charge in [0.2, 0.25) is 5.95 Å². The molecular formula is C15H25N3O. The molecule has 2 saturated carbocycles. The Hall–Kier alpha value is -1.03. The number of aromatic nitrogens is 2. The van der Waals surface area contributed by atoms with Crippen molar-refractivity contribution in [1.29, 1.82) is 0 Å². The smallest absolute Gasteiger partial charge is 0.203 e. The lowest BCUT2D eigenvalue weighted by Gasteiger charge is -2.29. The average Bonchev–Trinajstić information content (AvgIpc) is 3.12. The van der Waals surface area contributed by atoms with Crippen LogP contribution in [0.25, 0.3) is 0 Å². The van der Waals surface area contributed by atoms with Gasteiger partial charge in [0.1, 0.15) is 0 Å². The Morgan fingerprint density at radius 1 is 1.47 bits per heavy atom. The van der Waals surface area contributed by atoms with Crippen LogP contribution in [-0.4, -0.2) is 29.3 Å². The molecule has 2 aliphatic carbocycles. The van der Waals surface area contributed by atoms with Crippen molar-refractivity contribution in [3.05, 3.63) is 12.4 Å².